The molecule has 0 spiro atoms. The zero-order valence-electron chi connectivity index (χ0n) is 18.9. The largest absolute Gasteiger partial charge is 0.469 e. The lowest BCUT2D eigenvalue weighted by Gasteiger charge is -2.25. The van der Waals surface area contributed by atoms with Crippen LogP contribution in [0.15, 0.2) is 54.6 Å². The molecule has 1 unspecified atom stereocenters. The number of esters is 1. The summed E-state index contributed by atoms with van der Waals surface area (Å²) < 4.78 is 6.81. The number of rotatable bonds is 7. The van der Waals surface area contributed by atoms with E-state index in [2.05, 4.69) is 19.1 Å². The van der Waals surface area contributed by atoms with E-state index in [1.54, 1.807) is 11.8 Å². The van der Waals surface area contributed by atoms with Crippen LogP contribution in [0, 0.1) is 12.8 Å². The molecule has 0 N–H and O–H groups in total. The van der Waals surface area contributed by atoms with Crippen molar-refractivity contribution in [2.75, 3.05) is 13.7 Å². The van der Waals surface area contributed by atoms with Crippen molar-refractivity contribution in [1.29, 1.82) is 0 Å². The molecule has 6 nitrogen and oxygen atoms in total. The second-order valence-electron chi connectivity index (χ2n) is 8.47. The molecule has 166 valence electrons. The van der Waals surface area contributed by atoms with Crippen LogP contribution in [0.5, 0.6) is 0 Å². The minimum absolute atomic E-state index is 0.145. The molecule has 0 fully saturated rings. The summed E-state index contributed by atoms with van der Waals surface area (Å²) in [4.78, 5) is 27.6. The molecule has 0 saturated carbocycles. The number of benzene rings is 2. The van der Waals surface area contributed by atoms with Gasteiger partial charge in [0.05, 0.1) is 18.7 Å². The van der Waals surface area contributed by atoms with Crippen LogP contribution in [0.2, 0.25) is 0 Å². The first-order valence-electron chi connectivity index (χ1n) is 11.1. The second-order valence-corrected chi connectivity index (χ2v) is 8.47. The van der Waals surface area contributed by atoms with Gasteiger partial charge in [0.2, 0.25) is 0 Å². The van der Waals surface area contributed by atoms with Gasteiger partial charge in [-0.25, -0.2) is 4.68 Å². The molecule has 2 aromatic carbocycles. The number of amides is 1. The molecule has 0 bridgehead atoms. The number of methoxy groups -OCH3 is 1. The van der Waals surface area contributed by atoms with Crippen LogP contribution in [0.25, 0.3) is 5.69 Å². The van der Waals surface area contributed by atoms with Gasteiger partial charge in [0.25, 0.3) is 5.91 Å². The Morgan fingerprint density at radius 1 is 1.09 bits per heavy atom. The summed E-state index contributed by atoms with van der Waals surface area (Å²) in [5, 5.41) is 4.78. The van der Waals surface area contributed by atoms with Crippen LogP contribution in [0.3, 0.4) is 0 Å². The topological polar surface area (TPSA) is 64.4 Å². The Bertz CT molecular complexity index is 1100. The minimum Gasteiger partial charge on any atom is -0.469 e. The van der Waals surface area contributed by atoms with E-state index in [0.29, 0.717) is 12.2 Å². The van der Waals surface area contributed by atoms with Gasteiger partial charge in [-0.15, -0.1) is 0 Å². The molecule has 1 atom stereocenters. The molecule has 6 heteroatoms. The van der Waals surface area contributed by atoms with E-state index in [9.17, 15) is 9.59 Å². The van der Waals surface area contributed by atoms with E-state index in [1.165, 1.54) is 12.7 Å². The molecular weight excluding hydrogens is 402 g/mol. The van der Waals surface area contributed by atoms with Gasteiger partial charge in [0, 0.05) is 24.3 Å². The second kappa shape index (κ2) is 9.39. The predicted octanol–water partition coefficient (Wildman–Crippen LogP) is 4.12. The fraction of sp³-hybridized carbons (Fsp3) is 0.346. The summed E-state index contributed by atoms with van der Waals surface area (Å²) in [6.07, 6.45) is 2.76. The molecule has 4 rings (SSSR count). The number of carbonyl (C=O) groups excluding carboxylic acids is 2. The molecule has 1 heterocycles. The Morgan fingerprint density at radius 2 is 1.81 bits per heavy atom. The number of hydrogen-bond acceptors (Lipinski definition) is 4. The first-order chi connectivity index (χ1) is 15.5. The third-order valence-electron chi connectivity index (χ3n) is 6.01. The van der Waals surface area contributed by atoms with Crippen LogP contribution in [-0.2, 0) is 28.9 Å². The molecule has 1 aliphatic carbocycles. The maximum absolute atomic E-state index is 13.8. The zero-order valence-corrected chi connectivity index (χ0v) is 18.9. The first-order valence-corrected chi connectivity index (χ1v) is 11.1. The average Bonchev–Trinajstić information content (AvgIpc) is 3.42. The molecule has 1 amide bonds. The van der Waals surface area contributed by atoms with E-state index in [0.717, 1.165) is 41.8 Å². The van der Waals surface area contributed by atoms with Gasteiger partial charge in [-0.05, 0) is 43.9 Å². The van der Waals surface area contributed by atoms with Gasteiger partial charge in [0.1, 0.15) is 0 Å². The van der Waals surface area contributed by atoms with E-state index in [-0.39, 0.29) is 18.4 Å². The molecule has 32 heavy (non-hydrogen) atoms. The number of hydrogen-bond donors (Lipinski definition) is 0. The standard InChI is InChI=1S/C26H29N3O3/c1-18-12-14-21(15-13-18)29-23-11-7-10-22(23)24(27-29)25(30)28(16-19(2)26(31)32-3)17-20-8-5-4-6-9-20/h4-6,8-9,12-15,19H,7,10-11,16-17H2,1-3H3. The third-order valence-corrected chi connectivity index (χ3v) is 6.01. The lowest BCUT2D eigenvalue weighted by molar-refractivity contribution is -0.145. The minimum atomic E-state index is -0.431. The van der Waals surface area contributed by atoms with Crippen molar-refractivity contribution in [3.8, 4) is 5.69 Å². The number of carbonyl (C=O) groups is 2. The smallest absolute Gasteiger partial charge is 0.310 e. The Kier molecular flexibility index (Phi) is 6.40. The van der Waals surface area contributed by atoms with Crippen molar-refractivity contribution < 1.29 is 14.3 Å². The molecule has 1 aromatic heterocycles. The van der Waals surface area contributed by atoms with Crippen molar-refractivity contribution in [2.24, 2.45) is 5.92 Å². The highest BCUT2D eigenvalue weighted by molar-refractivity contribution is 5.94. The summed E-state index contributed by atoms with van der Waals surface area (Å²) in [5.74, 6) is -0.903. The predicted molar refractivity (Wildman–Crippen MR) is 123 cm³/mol. The van der Waals surface area contributed by atoms with Crippen LogP contribution in [0.4, 0.5) is 0 Å². The number of ether oxygens (including phenoxy) is 1. The summed E-state index contributed by atoms with van der Waals surface area (Å²) >= 11 is 0. The molecular formula is C26H29N3O3. The highest BCUT2D eigenvalue weighted by Crippen LogP contribution is 2.29. The Hall–Kier alpha value is -3.41. The summed E-state index contributed by atoms with van der Waals surface area (Å²) in [7, 11) is 1.37. The highest BCUT2D eigenvalue weighted by atomic mass is 16.5. The third kappa shape index (κ3) is 4.44. The van der Waals surface area contributed by atoms with Gasteiger partial charge in [-0.3, -0.25) is 9.59 Å². The number of aryl methyl sites for hydroxylation is 1. The zero-order chi connectivity index (χ0) is 22.7. The Morgan fingerprint density at radius 3 is 2.50 bits per heavy atom. The van der Waals surface area contributed by atoms with E-state index in [1.807, 2.05) is 47.1 Å². The number of nitrogens with zero attached hydrogens (tertiary/aromatic N) is 3. The van der Waals surface area contributed by atoms with Crippen molar-refractivity contribution >= 4 is 11.9 Å². The van der Waals surface area contributed by atoms with E-state index < -0.39 is 5.92 Å². The summed E-state index contributed by atoms with van der Waals surface area (Å²) in [5.41, 5.74) is 5.78. The van der Waals surface area contributed by atoms with Crippen LogP contribution >= 0.6 is 0 Å². The quantitative estimate of drug-likeness (QED) is 0.528. The van der Waals surface area contributed by atoms with Crippen molar-refractivity contribution in [2.45, 2.75) is 39.7 Å². The van der Waals surface area contributed by atoms with Gasteiger partial charge < -0.3 is 9.64 Å². The average molecular weight is 432 g/mol. The lowest BCUT2D eigenvalue weighted by atomic mass is 10.1. The summed E-state index contributed by atoms with van der Waals surface area (Å²) in [6, 6.07) is 18.0. The van der Waals surface area contributed by atoms with Crippen molar-refractivity contribution in [3.05, 3.63) is 82.7 Å². The summed E-state index contributed by atoms with van der Waals surface area (Å²) in [6.45, 7) is 4.52. The van der Waals surface area contributed by atoms with Crippen molar-refractivity contribution in [3.63, 3.8) is 0 Å². The first kappa shape index (κ1) is 21.8. The fourth-order valence-electron chi connectivity index (χ4n) is 4.29. The molecule has 0 radical (unpaired) electrons. The molecule has 0 aliphatic heterocycles. The van der Waals surface area contributed by atoms with Gasteiger partial charge in [0.15, 0.2) is 5.69 Å². The fourth-order valence-corrected chi connectivity index (χ4v) is 4.29. The SMILES string of the molecule is COC(=O)C(C)CN(Cc1ccccc1)C(=O)c1nn(-c2ccc(C)cc2)c2c1CCC2. The van der Waals surface area contributed by atoms with Crippen LogP contribution < -0.4 is 0 Å². The van der Waals surface area contributed by atoms with Crippen molar-refractivity contribution in [1.82, 2.24) is 14.7 Å². The normalized spacial score (nSPS) is 13.5. The highest BCUT2D eigenvalue weighted by Gasteiger charge is 2.31. The number of fused-ring (bicyclic) bond motifs is 1. The van der Waals surface area contributed by atoms with Gasteiger partial charge in [-0.2, -0.15) is 5.10 Å². The monoisotopic (exact) mass is 431 g/mol. The van der Waals surface area contributed by atoms with Crippen LogP contribution in [-0.4, -0.2) is 40.2 Å². The van der Waals surface area contributed by atoms with Gasteiger partial charge >= 0.3 is 5.97 Å². The Balaban J connectivity index is 1.69. The van der Waals surface area contributed by atoms with E-state index >= 15 is 0 Å². The Labute approximate surface area is 188 Å². The maximum atomic E-state index is 13.8. The lowest BCUT2D eigenvalue weighted by Crippen LogP contribution is -2.37. The number of aromatic nitrogens is 2. The van der Waals surface area contributed by atoms with E-state index in [4.69, 9.17) is 9.84 Å². The van der Waals surface area contributed by atoms with Crippen LogP contribution in [0.1, 0.15) is 46.2 Å². The van der Waals surface area contributed by atoms with Gasteiger partial charge in [-0.1, -0.05) is 55.0 Å². The molecule has 0 saturated heterocycles. The maximum Gasteiger partial charge on any atom is 0.310 e. The molecule has 3 aromatic rings. The molecule has 1 aliphatic rings.